The van der Waals surface area contributed by atoms with Crippen molar-refractivity contribution in [3.8, 4) is 0 Å². The van der Waals surface area contributed by atoms with Crippen LogP contribution in [0.1, 0.15) is 13.8 Å². The molecule has 0 aromatic carbocycles. The third-order valence-corrected chi connectivity index (χ3v) is 3.69. The molecule has 1 amide bonds. The van der Waals surface area contributed by atoms with E-state index in [2.05, 4.69) is 10.3 Å². The number of hydrogen-bond donors (Lipinski definition) is 1. The summed E-state index contributed by atoms with van der Waals surface area (Å²) in [6.07, 6.45) is 0. The number of piperazine rings is 1. The topological polar surface area (TPSA) is 47.9 Å². The maximum atomic E-state index is 12.1. The van der Waals surface area contributed by atoms with E-state index in [0.717, 1.165) is 0 Å². The fourth-order valence-corrected chi connectivity index (χ4v) is 2.39. The van der Waals surface area contributed by atoms with E-state index in [0.29, 0.717) is 38.7 Å². The summed E-state index contributed by atoms with van der Waals surface area (Å²) in [6.45, 7) is 6.69. The van der Waals surface area contributed by atoms with Gasteiger partial charge in [-0.2, -0.15) is 13.2 Å². The highest BCUT2D eigenvalue weighted by molar-refractivity contribution is 14.0. The summed E-state index contributed by atoms with van der Waals surface area (Å²) < 4.78 is 36.2. The highest BCUT2D eigenvalue weighted by Crippen LogP contribution is 2.29. The van der Waals surface area contributed by atoms with Crippen molar-refractivity contribution in [3.63, 3.8) is 0 Å². The molecule has 0 aliphatic carbocycles. The number of halogens is 4. The smallest absolute Gasteiger partial charge is 0.357 e. The number of rotatable bonds is 4. The summed E-state index contributed by atoms with van der Waals surface area (Å²) in [7, 11) is 0. The first-order chi connectivity index (χ1) is 9.83. The summed E-state index contributed by atoms with van der Waals surface area (Å²) in [5.74, 6) is 0.563. The minimum Gasteiger partial charge on any atom is -0.357 e. The number of alkyl halides is 3. The van der Waals surface area contributed by atoms with Crippen LogP contribution in [0.4, 0.5) is 13.2 Å². The van der Waals surface area contributed by atoms with Gasteiger partial charge in [0, 0.05) is 45.4 Å². The van der Waals surface area contributed by atoms with Gasteiger partial charge in [-0.3, -0.25) is 9.79 Å². The predicted octanol–water partition coefficient (Wildman–Crippen LogP) is 1.99. The van der Waals surface area contributed by atoms with Crippen LogP contribution in [-0.2, 0) is 4.79 Å². The van der Waals surface area contributed by atoms with Gasteiger partial charge in [0.15, 0.2) is 5.96 Å². The molecule has 22 heavy (non-hydrogen) atoms. The molecule has 1 N–H and O–H groups in total. The van der Waals surface area contributed by atoms with E-state index in [1.54, 1.807) is 4.90 Å². The number of carbonyl (C=O) groups is 1. The van der Waals surface area contributed by atoms with Gasteiger partial charge in [-0.1, -0.05) is 0 Å². The highest BCUT2D eigenvalue weighted by Gasteiger charge is 2.27. The van der Waals surface area contributed by atoms with Crippen molar-refractivity contribution >= 4 is 47.6 Å². The first-order valence-corrected chi connectivity index (χ1v) is 7.81. The summed E-state index contributed by atoms with van der Waals surface area (Å²) in [6, 6.07) is 0. The Morgan fingerprint density at radius 3 is 2.23 bits per heavy atom. The number of aliphatic imine (C=N–C) groups is 1. The van der Waals surface area contributed by atoms with Crippen molar-refractivity contribution in [1.29, 1.82) is 0 Å². The average Bonchev–Trinajstić information content (AvgIpc) is 2.41. The standard InChI is InChI=1S/C12H21F3N4OS.HI/c1-3-16-11(17-4-9-21-12(13,14)15)19-7-5-18(6-8-19)10(2)20;/h3-9H2,1-2H3,(H,16,17);1H. The van der Waals surface area contributed by atoms with E-state index >= 15 is 0 Å². The maximum absolute atomic E-state index is 12.1. The minimum absolute atomic E-state index is 0. The van der Waals surface area contributed by atoms with Crippen LogP contribution in [0, 0.1) is 0 Å². The maximum Gasteiger partial charge on any atom is 0.441 e. The van der Waals surface area contributed by atoms with Gasteiger partial charge in [0.1, 0.15) is 0 Å². The van der Waals surface area contributed by atoms with Crippen molar-refractivity contribution in [2.24, 2.45) is 4.99 Å². The van der Waals surface area contributed by atoms with Crippen LogP contribution in [0.15, 0.2) is 4.99 Å². The van der Waals surface area contributed by atoms with Crippen LogP contribution in [0.25, 0.3) is 0 Å². The number of guanidine groups is 1. The third-order valence-electron chi connectivity index (χ3n) is 2.98. The first kappa shape index (κ1) is 21.6. The number of nitrogens with zero attached hydrogens (tertiary/aromatic N) is 3. The quantitative estimate of drug-likeness (QED) is 0.306. The van der Waals surface area contributed by atoms with Gasteiger partial charge in [0.25, 0.3) is 0 Å². The van der Waals surface area contributed by atoms with Gasteiger partial charge in [-0.25, -0.2) is 0 Å². The van der Waals surface area contributed by atoms with Crippen LogP contribution in [-0.4, -0.2) is 72.2 Å². The zero-order valence-electron chi connectivity index (χ0n) is 12.7. The molecule has 10 heteroatoms. The second-order valence-corrected chi connectivity index (χ2v) is 5.68. The molecule has 0 aromatic heterocycles. The number of nitrogens with one attached hydrogen (secondary N) is 1. The van der Waals surface area contributed by atoms with E-state index in [4.69, 9.17) is 0 Å². The summed E-state index contributed by atoms with van der Waals surface area (Å²) in [5.41, 5.74) is -4.21. The Morgan fingerprint density at radius 2 is 1.77 bits per heavy atom. The Hall–Kier alpha value is -0.390. The molecular formula is C12H22F3IN4OS. The van der Waals surface area contributed by atoms with Gasteiger partial charge < -0.3 is 15.1 Å². The van der Waals surface area contributed by atoms with Gasteiger partial charge >= 0.3 is 5.51 Å². The zero-order valence-corrected chi connectivity index (χ0v) is 15.8. The fourth-order valence-electron chi connectivity index (χ4n) is 1.97. The summed E-state index contributed by atoms with van der Waals surface area (Å²) in [5, 5.41) is 3.08. The molecule has 1 rings (SSSR count). The van der Waals surface area contributed by atoms with E-state index < -0.39 is 5.51 Å². The van der Waals surface area contributed by atoms with Crippen molar-refractivity contribution in [2.75, 3.05) is 45.0 Å². The summed E-state index contributed by atoms with van der Waals surface area (Å²) in [4.78, 5) is 19.2. The Morgan fingerprint density at radius 1 is 1.23 bits per heavy atom. The molecule has 0 bridgehead atoms. The molecule has 1 aliphatic heterocycles. The normalized spacial score (nSPS) is 16.3. The van der Waals surface area contributed by atoms with E-state index in [1.807, 2.05) is 11.8 Å². The van der Waals surface area contributed by atoms with Crippen molar-refractivity contribution in [1.82, 2.24) is 15.1 Å². The van der Waals surface area contributed by atoms with Gasteiger partial charge in [-0.15, -0.1) is 24.0 Å². The average molecular weight is 454 g/mol. The Balaban J connectivity index is 0.00000441. The van der Waals surface area contributed by atoms with Crippen molar-refractivity contribution in [3.05, 3.63) is 0 Å². The minimum atomic E-state index is -4.21. The highest BCUT2D eigenvalue weighted by atomic mass is 127. The lowest BCUT2D eigenvalue weighted by Gasteiger charge is -2.36. The second-order valence-electron chi connectivity index (χ2n) is 4.52. The molecule has 0 saturated carbocycles. The van der Waals surface area contributed by atoms with Crippen molar-refractivity contribution in [2.45, 2.75) is 19.4 Å². The van der Waals surface area contributed by atoms with Crippen LogP contribution in [0.3, 0.4) is 0 Å². The van der Waals surface area contributed by atoms with E-state index in [9.17, 15) is 18.0 Å². The molecule has 1 heterocycles. The molecule has 1 saturated heterocycles. The number of carbonyl (C=O) groups excluding carboxylic acids is 1. The van der Waals surface area contributed by atoms with Crippen LogP contribution >= 0.6 is 35.7 Å². The largest absolute Gasteiger partial charge is 0.441 e. The number of thioether (sulfide) groups is 1. The predicted molar refractivity (Wildman–Crippen MR) is 93.7 cm³/mol. The van der Waals surface area contributed by atoms with Crippen LogP contribution < -0.4 is 5.32 Å². The molecular weight excluding hydrogens is 432 g/mol. The molecule has 0 spiro atoms. The van der Waals surface area contributed by atoms with Gasteiger partial charge in [0.2, 0.25) is 5.91 Å². The molecule has 130 valence electrons. The Labute approximate surface area is 150 Å². The molecule has 0 radical (unpaired) electrons. The molecule has 0 unspecified atom stereocenters. The molecule has 1 aliphatic rings. The molecule has 0 atom stereocenters. The number of hydrogen-bond acceptors (Lipinski definition) is 3. The Bertz CT molecular complexity index is 374. The van der Waals surface area contributed by atoms with E-state index in [1.165, 1.54) is 6.92 Å². The van der Waals surface area contributed by atoms with E-state index in [-0.39, 0.29) is 53.9 Å². The summed E-state index contributed by atoms with van der Waals surface area (Å²) >= 11 is -0.0617. The second kappa shape index (κ2) is 10.4. The van der Waals surface area contributed by atoms with Gasteiger partial charge in [-0.05, 0) is 18.7 Å². The lowest BCUT2D eigenvalue weighted by molar-refractivity contribution is -0.130. The van der Waals surface area contributed by atoms with Crippen LogP contribution in [0.5, 0.6) is 0 Å². The molecule has 1 fully saturated rings. The lowest BCUT2D eigenvalue weighted by atomic mass is 10.3. The number of amides is 1. The van der Waals surface area contributed by atoms with Gasteiger partial charge in [0.05, 0.1) is 6.54 Å². The SMILES string of the molecule is CCNC(=NCCSC(F)(F)F)N1CCN(C(C)=O)CC1.I. The molecule has 5 nitrogen and oxygen atoms in total. The monoisotopic (exact) mass is 454 g/mol. The van der Waals surface area contributed by atoms with Crippen LogP contribution in [0.2, 0.25) is 0 Å². The zero-order chi connectivity index (χ0) is 15.9. The lowest BCUT2D eigenvalue weighted by Crippen LogP contribution is -2.53. The molecule has 0 aromatic rings. The Kier molecular flexibility index (Phi) is 10.2. The third kappa shape index (κ3) is 8.30. The first-order valence-electron chi connectivity index (χ1n) is 6.83. The van der Waals surface area contributed by atoms with Crippen molar-refractivity contribution < 1.29 is 18.0 Å². The fraction of sp³-hybridized carbons (Fsp3) is 0.833.